The quantitative estimate of drug-likeness (QED) is 0.0772. The Bertz CT molecular complexity index is 1420. The highest BCUT2D eigenvalue weighted by Gasteiger charge is 2.22. The van der Waals surface area contributed by atoms with Gasteiger partial charge in [-0.2, -0.15) is 0 Å². The number of unbranched alkanes of at least 4 members (excludes halogenated alkanes) is 5. The molecule has 10 nitrogen and oxygen atoms in total. The first-order valence-electron chi connectivity index (χ1n) is 17.9. The van der Waals surface area contributed by atoms with Crippen LogP contribution >= 0.6 is 0 Å². The molecule has 0 bridgehead atoms. The maximum Gasteiger partial charge on any atom is 0.414 e. The fourth-order valence-electron chi connectivity index (χ4n) is 4.90. The fourth-order valence-corrected chi connectivity index (χ4v) is 4.90. The number of hydrogen-bond donors (Lipinski definition) is 2. The summed E-state index contributed by atoms with van der Waals surface area (Å²) >= 11 is 0. The number of amides is 2. The Morgan fingerprint density at radius 3 is 1.61 bits per heavy atom. The minimum Gasteiger partial charge on any atom is -0.494 e. The molecule has 2 N–H and O–H groups in total. The zero-order valence-electron chi connectivity index (χ0n) is 31.2. The summed E-state index contributed by atoms with van der Waals surface area (Å²) in [5.74, 6) is 1.61. The van der Waals surface area contributed by atoms with E-state index in [0.29, 0.717) is 32.8 Å². The molecule has 0 saturated heterocycles. The largest absolute Gasteiger partial charge is 0.494 e. The molecule has 3 aromatic carbocycles. The van der Waals surface area contributed by atoms with Gasteiger partial charge in [-0.05, 0) is 96.2 Å². The van der Waals surface area contributed by atoms with Crippen molar-refractivity contribution < 1.29 is 33.3 Å². The molecule has 3 rings (SSSR count). The maximum absolute atomic E-state index is 12.6. The summed E-state index contributed by atoms with van der Waals surface area (Å²) in [5.41, 5.74) is 0.734. The maximum atomic E-state index is 12.6. The Balaban J connectivity index is 1.38. The molecule has 0 radical (unpaired) electrons. The predicted molar refractivity (Wildman–Crippen MR) is 201 cm³/mol. The summed E-state index contributed by atoms with van der Waals surface area (Å²) in [6.45, 7) is 12.7. The van der Waals surface area contributed by atoms with E-state index in [-0.39, 0.29) is 12.0 Å². The van der Waals surface area contributed by atoms with Gasteiger partial charge in [0.05, 0.1) is 19.3 Å². The highest BCUT2D eigenvalue weighted by Crippen LogP contribution is 2.19. The van der Waals surface area contributed by atoms with E-state index in [0.717, 1.165) is 61.2 Å². The van der Waals surface area contributed by atoms with Gasteiger partial charge in [0.15, 0.2) is 0 Å². The number of benzene rings is 3. The Morgan fingerprint density at radius 2 is 1.08 bits per heavy atom. The first kappa shape index (κ1) is 40.9. The van der Waals surface area contributed by atoms with E-state index in [1.807, 2.05) is 84.9 Å². The van der Waals surface area contributed by atoms with Gasteiger partial charge in [-0.3, -0.25) is 10.6 Å². The zero-order valence-corrected chi connectivity index (χ0v) is 31.2. The van der Waals surface area contributed by atoms with Gasteiger partial charge in [0.1, 0.15) is 29.3 Å². The highest BCUT2D eigenvalue weighted by molar-refractivity contribution is 6.01. The van der Waals surface area contributed by atoms with Crippen molar-refractivity contribution in [1.29, 1.82) is 0 Å². The van der Waals surface area contributed by atoms with Crippen LogP contribution < -0.4 is 20.1 Å². The molecule has 278 valence electrons. The van der Waals surface area contributed by atoms with Crippen LogP contribution in [0, 0.1) is 0 Å². The van der Waals surface area contributed by atoms with Crippen LogP contribution in [0.15, 0.2) is 89.9 Å². The predicted octanol–water partition coefficient (Wildman–Crippen LogP) is 9.02. The van der Waals surface area contributed by atoms with Crippen molar-refractivity contribution in [3.8, 4) is 11.5 Å². The van der Waals surface area contributed by atoms with Crippen LogP contribution in [0.2, 0.25) is 0 Å². The molecule has 0 aliphatic heterocycles. The van der Waals surface area contributed by atoms with Gasteiger partial charge in [-0.25, -0.2) is 14.6 Å². The van der Waals surface area contributed by atoms with E-state index in [1.54, 1.807) is 41.5 Å². The normalized spacial score (nSPS) is 12.0. The van der Waals surface area contributed by atoms with E-state index in [4.69, 9.17) is 23.7 Å². The molecule has 0 saturated carbocycles. The van der Waals surface area contributed by atoms with Gasteiger partial charge in [-0.1, -0.05) is 86.3 Å². The minimum absolute atomic E-state index is 0.0584. The van der Waals surface area contributed by atoms with E-state index in [1.165, 1.54) is 0 Å². The Morgan fingerprint density at radius 1 is 0.608 bits per heavy atom. The fraction of sp³-hybridized carbons (Fsp3) is 0.488. The summed E-state index contributed by atoms with van der Waals surface area (Å²) in [4.78, 5) is 29.9. The first-order chi connectivity index (χ1) is 24.3. The summed E-state index contributed by atoms with van der Waals surface area (Å²) < 4.78 is 28.6. The smallest absolute Gasteiger partial charge is 0.414 e. The number of ether oxygens (including phenoxy) is 5. The van der Waals surface area contributed by atoms with Crippen molar-refractivity contribution in [2.75, 3.05) is 19.8 Å². The Kier molecular flexibility index (Phi) is 17.3. The van der Waals surface area contributed by atoms with E-state index in [2.05, 4.69) is 15.6 Å². The molecule has 2 amide bonds. The van der Waals surface area contributed by atoms with Crippen LogP contribution in [0.1, 0.15) is 91.2 Å². The number of aliphatic imine (C=N–C) groups is 1. The van der Waals surface area contributed by atoms with Crippen molar-refractivity contribution in [3.05, 3.63) is 96.1 Å². The molecule has 10 heteroatoms. The van der Waals surface area contributed by atoms with Gasteiger partial charge >= 0.3 is 12.2 Å². The van der Waals surface area contributed by atoms with Crippen molar-refractivity contribution >= 4 is 18.1 Å². The monoisotopic (exact) mass is 703 g/mol. The van der Waals surface area contributed by atoms with Gasteiger partial charge in [-0.15, -0.1) is 0 Å². The second kappa shape index (κ2) is 21.6. The number of alkyl carbamates (subject to hydrolysis) is 2. The zero-order chi connectivity index (χ0) is 37.0. The molecular weight excluding hydrogens is 646 g/mol. The lowest BCUT2D eigenvalue weighted by Crippen LogP contribution is -2.48. The molecule has 0 fully saturated rings. The van der Waals surface area contributed by atoms with Gasteiger partial charge in [0.2, 0.25) is 5.96 Å². The Hall–Kier alpha value is -4.57. The Labute approximate surface area is 304 Å². The summed E-state index contributed by atoms with van der Waals surface area (Å²) in [7, 11) is 0. The molecule has 0 spiro atoms. The highest BCUT2D eigenvalue weighted by atomic mass is 16.6. The van der Waals surface area contributed by atoms with Crippen molar-refractivity contribution in [2.45, 2.75) is 110 Å². The number of rotatable bonds is 18. The minimum atomic E-state index is -0.734. The van der Waals surface area contributed by atoms with E-state index < -0.39 is 23.4 Å². The molecular formula is C41H57N3O7. The van der Waals surface area contributed by atoms with Crippen LogP contribution in [0.5, 0.6) is 11.5 Å². The SMILES string of the molecule is CC(C)(C)OC(=O)NC(=N[C@H](COCCCCCCCCOc1ccc(OCc2ccccc2)cc1)Cc1ccccc1)NC(=O)OC(C)(C)C. The topological polar surface area (TPSA) is 117 Å². The lowest BCUT2D eigenvalue weighted by Gasteiger charge is -2.23. The number of nitrogens with one attached hydrogen (secondary N) is 2. The average molecular weight is 704 g/mol. The standard InChI is InChI=1S/C41H57N3O7/c1-40(2,3)50-38(45)43-37(44-39(46)51-41(4,5)6)42-34(29-32-19-13-11-14-20-32)31-47-27-17-9-7-8-10-18-28-48-35-23-25-36(26-24-35)49-30-33-21-15-12-16-22-33/h11-16,19-26,34H,7-10,17-18,27-31H2,1-6H3,(H2,42,43,44,45,46)/t34-/m0/s1. The molecule has 3 aromatic rings. The second-order valence-electron chi connectivity index (χ2n) is 14.4. The molecule has 1 atom stereocenters. The van der Waals surface area contributed by atoms with Crippen LogP contribution in [-0.2, 0) is 27.2 Å². The van der Waals surface area contributed by atoms with Gasteiger partial charge < -0.3 is 23.7 Å². The average Bonchev–Trinajstić information content (AvgIpc) is 3.06. The third-order valence-corrected chi connectivity index (χ3v) is 7.20. The third kappa shape index (κ3) is 19.4. The van der Waals surface area contributed by atoms with Crippen LogP contribution in [0.25, 0.3) is 0 Å². The third-order valence-electron chi connectivity index (χ3n) is 7.20. The molecule has 51 heavy (non-hydrogen) atoms. The lowest BCUT2D eigenvalue weighted by molar-refractivity contribution is 0.0543. The first-order valence-corrected chi connectivity index (χ1v) is 17.9. The van der Waals surface area contributed by atoms with Crippen molar-refractivity contribution in [3.63, 3.8) is 0 Å². The molecule has 0 aliphatic carbocycles. The molecule has 0 heterocycles. The van der Waals surface area contributed by atoms with Gasteiger partial charge in [0.25, 0.3) is 0 Å². The number of hydrogen-bond acceptors (Lipinski definition) is 8. The second-order valence-corrected chi connectivity index (χ2v) is 14.4. The number of guanidine groups is 1. The van der Waals surface area contributed by atoms with E-state index in [9.17, 15) is 9.59 Å². The summed E-state index contributed by atoms with van der Waals surface area (Å²) in [6, 6.07) is 27.4. The summed E-state index contributed by atoms with van der Waals surface area (Å²) in [6.07, 6.45) is 5.41. The molecule has 0 aromatic heterocycles. The van der Waals surface area contributed by atoms with Crippen molar-refractivity contribution in [1.82, 2.24) is 10.6 Å². The molecule has 0 unspecified atom stereocenters. The summed E-state index contributed by atoms with van der Waals surface area (Å²) in [5, 5.41) is 5.15. The van der Waals surface area contributed by atoms with Crippen LogP contribution in [-0.4, -0.2) is 55.2 Å². The van der Waals surface area contributed by atoms with Crippen molar-refractivity contribution in [2.24, 2.45) is 4.99 Å². The lowest BCUT2D eigenvalue weighted by atomic mass is 10.1. The number of carbonyl (C=O) groups is 2. The number of nitrogens with zero attached hydrogens (tertiary/aromatic N) is 1. The van der Waals surface area contributed by atoms with Crippen LogP contribution in [0.3, 0.4) is 0 Å². The van der Waals surface area contributed by atoms with Gasteiger partial charge in [0, 0.05) is 6.61 Å². The number of carbonyl (C=O) groups excluding carboxylic acids is 2. The van der Waals surface area contributed by atoms with Crippen LogP contribution in [0.4, 0.5) is 9.59 Å². The molecule has 0 aliphatic rings. The van der Waals surface area contributed by atoms with E-state index >= 15 is 0 Å².